The number of allylic oxidation sites excluding steroid dienone is 1. The molecule has 0 bridgehead atoms. The second-order valence-corrected chi connectivity index (χ2v) is 25.1. The third-order valence-electron chi connectivity index (χ3n) is 14.9. The molecule has 0 radical (unpaired) electrons. The maximum absolute atomic E-state index is 15.7. The Morgan fingerprint density at radius 3 is 1.56 bits per heavy atom. The molecule has 2 aliphatic rings. The molecule has 2 atom stereocenters. The number of halogens is 1. The van der Waals surface area contributed by atoms with E-state index in [-0.39, 0.29) is 21.4 Å². The van der Waals surface area contributed by atoms with E-state index in [4.69, 9.17) is 37.0 Å². The molecular formula is C67H53ClN8O5S4. The summed E-state index contributed by atoms with van der Waals surface area (Å²) in [5, 5.41) is 21.0. The lowest BCUT2D eigenvalue weighted by Gasteiger charge is -2.50. The largest absolute Gasteiger partial charge is 0.448 e. The first-order chi connectivity index (χ1) is 41.7. The van der Waals surface area contributed by atoms with Gasteiger partial charge in [0.15, 0.2) is 21.3 Å². The van der Waals surface area contributed by atoms with Gasteiger partial charge >= 0.3 is 5.97 Å². The number of esters is 1. The summed E-state index contributed by atoms with van der Waals surface area (Å²) in [7, 11) is 0. The minimum atomic E-state index is -1.43. The maximum Gasteiger partial charge on any atom is 0.356 e. The molecule has 85 heavy (non-hydrogen) atoms. The highest BCUT2D eigenvalue weighted by molar-refractivity contribution is 8.18. The molecule has 2 aliphatic heterocycles. The molecule has 0 spiro atoms. The van der Waals surface area contributed by atoms with Crippen LogP contribution in [0.1, 0.15) is 69.1 Å². The number of nitrogens with one attached hydrogen (secondary N) is 2. The van der Waals surface area contributed by atoms with Gasteiger partial charge in [-0.3, -0.25) is 14.5 Å². The van der Waals surface area contributed by atoms with Crippen LogP contribution in [0.4, 0.5) is 10.3 Å². The Bertz CT molecular complexity index is 3770. The van der Waals surface area contributed by atoms with E-state index >= 15 is 14.4 Å². The molecule has 12 rings (SSSR count). The summed E-state index contributed by atoms with van der Waals surface area (Å²) in [5.74, 6) is -1.98. The van der Waals surface area contributed by atoms with E-state index in [1.165, 1.54) is 39.8 Å². The van der Waals surface area contributed by atoms with Gasteiger partial charge in [0.2, 0.25) is 10.7 Å². The highest BCUT2D eigenvalue weighted by Gasteiger charge is 2.55. The van der Waals surface area contributed by atoms with Crippen LogP contribution < -0.4 is 16.4 Å². The Morgan fingerprint density at radius 1 is 0.647 bits per heavy atom. The molecule has 18 heteroatoms. The normalized spacial score (nSPS) is 15.2. The molecule has 0 saturated carbocycles. The van der Waals surface area contributed by atoms with E-state index in [1.54, 1.807) is 0 Å². The minimum absolute atomic E-state index is 0.00973. The van der Waals surface area contributed by atoms with Crippen molar-refractivity contribution in [3.8, 4) is 0 Å². The predicted molar refractivity (Wildman–Crippen MR) is 339 cm³/mol. The number of aromatic nitrogens is 3. The summed E-state index contributed by atoms with van der Waals surface area (Å²) in [6, 6.07) is 76.3. The number of nitrogens with two attached hydrogens (primary N) is 1. The van der Waals surface area contributed by atoms with Gasteiger partial charge in [-0.25, -0.2) is 9.78 Å². The number of benzene rings is 8. The van der Waals surface area contributed by atoms with Gasteiger partial charge in [0.05, 0.1) is 11.1 Å². The third kappa shape index (κ3) is 11.6. The van der Waals surface area contributed by atoms with Crippen molar-refractivity contribution in [2.45, 2.75) is 46.5 Å². The number of hydrogen-bond donors (Lipinski definition) is 3. The summed E-state index contributed by atoms with van der Waals surface area (Å²) in [4.78, 5) is 60.1. The van der Waals surface area contributed by atoms with Crippen LogP contribution in [0, 0.1) is 0 Å². The zero-order valence-corrected chi connectivity index (χ0v) is 49.3. The summed E-state index contributed by atoms with van der Waals surface area (Å²) < 4.78 is 7.28. The van der Waals surface area contributed by atoms with Gasteiger partial charge < -0.3 is 25.9 Å². The average molecular weight is 1210 g/mol. The van der Waals surface area contributed by atoms with Crippen molar-refractivity contribution >= 4 is 91.6 Å². The van der Waals surface area contributed by atoms with E-state index in [2.05, 4.69) is 57.2 Å². The molecule has 10 aromatic rings. The average Bonchev–Trinajstić information content (AvgIpc) is 2.95. The number of carbonyl (C=O) groups excluding carboxylic acids is 3. The number of hydrogen-bond acceptors (Lipinski definition) is 15. The van der Waals surface area contributed by atoms with Gasteiger partial charge in [0, 0.05) is 21.6 Å². The van der Waals surface area contributed by atoms with Gasteiger partial charge in [0.25, 0.3) is 11.8 Å². The quantitative estimate of drug-likeness (QED) is 0.0118. The van der Waals surface area contributed by atoms with Crippen LogP contribution in [0.5, 0.6) is 0 Å². The van der Waals surface area contributed by atoms with E-state index in [0.29, 0.717) is 37.4 Å². The summed E-state index contributed by atoms with van der Waals surface area (Å²) >= 11 is 12.7. The number of oxime groups is 1. The Hall–Kier alpha value is -8.84. The van der Waals surface area contributed by atoms with E-state index in [1.807, 2.05) is 206 Å². The summed E-state index contributed by atoms with van der Waals surface area (Å²) in [5.41, 5.74) is 9.73. The van der Waals surface area contributed by atoms with Crippen molar-refractivity contribution in [1.82, 2.24) is 25.4 Å². The van der Waals surface area contributed by atoms with E-state index in [9.17, 15) is 0 Å². The topological polar surface area (TPSA) is 174 Å². The zero-order valence-electron chi connectivity index (χ0n) is 45.3. The lowest BCUT2D eigenvalue weighted by Crippen LogP contribution is -2.72. The lowest BCUT2D eigenvalue weighted by atomic mass is 9.77. The van der Waals surface area contributed by atoms with Gasteiger partial charge in [-0.05, 0) is 40.7 Å². The molecule has 0 aliphatic carbocycles. The van der Waals surface area contributed by atoms with Gasteiger partial charge in [-0.15, -0.1) is 22.0 Å². The predicted octanol–water partition coefficient (Wildman–Crippen LogP) is 13.9. The molecule has 13 nitrogen and oxygen atoms in total. The molecular weight excluding hydrogens is 1160 g/mol. The Morgan fingerprint density at radius 2 is 1.11 bits per heavy atom. The molecule has 422 valence electrons. The smallest absolute Gasteiger partial charge is 0.356 e. The van der Waals surface area contributed by atoms with Crippen molar-refractivity contribution in [3.63, 3.8) is 0 Å². The number of rotatable bonds is 21. The van der Waals surface area contributed by atoms with Crippen LogP contribution in [-0.2, 0) is 35.1 Å². The van der Waals surface area contributed by atoms with E-state index in [0.717, 1.165) is 55.8 Å². The monoisotopic (exact) mass is 1210 g/mol. The Kier molecular flexibility index (Phi) is 17.0. The molecule has 0 unspecified atom stereocenters. The standard InChI is InChI=1S/C67H53ClN8O5S4/c68-59-55(71-64(84-59)72-66(46-29-13-3-14-30-46,47-31-15-4-16-32-47)48-33-17-5-18-34-48)56(75-81-67(49-35-19-6-20-36-49,50-37-21-7-22-38-50)51-39-23-8-24-40-51)60(77)70-54-52-41-42-53(82-43-83-65-74-73-63(69)85-65)57(76(52)61(54)78)62(79)80-58(44-25-9-1-10-26-44)45-27-11-2-12-28-45/h1-40,52,54,58H,41-43H2,(H2,69,73)(H,70,77)(H,71,72)/t52-,54+/m1/s1. The lowest BCUT2D eigenvalue weighted by molar-refractivity contribution is -0.158. The second-order valence-electron chi connectivity index (χ2n) is 19.9. The molecule has 4 heterocycles. The number of anilines is 2. The molecule has 2 aromatic heterocycles. The number of carbonyl (C=O) groups is 3. The SMILES string of the molecule is Nc1nnc(SCSC2=C(C(=O)OC(c3ccccc3)c3ccccc3)N3C(=O)[C@@H](NC(=O)C(=NOC(c4ccccc4)(c4ccccc4)c4ccccc4)c4nc(NC(c5ccccc5)(c5ccccc5)c5ccccc5)sc4Cl)[C@H]3CC2)s1. The van der Waals surface area contributed by atoms with Crippen LogP contribution in [0.3, 0.4) is 0 Å². The van der Waals surface area contributed by atoms with Crippen molar-refractivity contribution in [2.24, 2.45) is 5.16 Å². The molecule has 4 N–H and O–H groups in total. The van der Waals surface area contributed by atoms with Crippen molar-refractivity contribution in [3.05, 3.63) is 308 Å². The number of thioether (sulfide) groups is 2. The fraction of sp³-hybridized carbons (Fsp3) is 0.119. The highest BCUT2D eigenvalue weighted by atomic mass is 35.5. The summed E-state index contributed by atoms with van der Waals surface area (Å²) in [6.45, 7) is 0. The van der Waals surface area contributed by atoms with Crippen LogP contribution in [0.2, 0.25) is 4.34 Å². The van der Waals surface area contributed by atoms with Crippen molar-refractivity contribution in [2.75, 3.05) is 16.1 Å². The first kappa shape index (κ1) is 56.6. The molecule has 1 saturated heterocycles. The fourth-order valence-electron chi connectivity index (χ4n) is 11.0. The molecule has 2 amide bonds. The van der Waals surface area contributed by atoms with Gasteiger partial charge in [0.1, 0.15) is 27.3 Å². The van der Waals surface area contributed by atoms with Crippen LogP contribution in [0.15, 0.2) is 263 Å². The van der Waals surface area contributed by atoms with Crippen LogP contribution in [-0.4, -0.2) is 60.7 Å². The van der Waals surface area contributed by atoms with Gasteiger partial charge in [-0.2, -0.15) is 0 Å². The number of ether oxygens (including phenoxy) is 1. The number of nitrogen functional groups attached to an aromatic ring is 1. The maximum atomic E-state index is 15.7. The van der Waals surface area contributed by atoms with E-state index < -0.39 is 47.1 Å². The van der Waals surface area contributed by atoms with Crippen LogP contribution in [0.25, 0.3) is 0 Å². The van der Waals surface area contributed by atoms with Crippen molar-refractivity contribution in [1.29, 1.82) is 0 Å². The molecule has 8 aromatic carbocycles. The number of thiazole rings is 1. The first-order valence-electron chi connectivity index (χ1n) is 27.3. The second kappa shape index (κ2) is 25.6. The third-order valence-corrected chi connectivity index (χ3v) is 19.2. The number of fused-ring (bicyclic) bond motifs is 1. The number of amides is 2. The minimum Gasteiger partial charge on any atom is -0.448 e. The Balaban J connectivity index is 0.939. The summed E-state index contributed by atoms with van der Waals surface area (Å²) in [6.07, 6.45) is 0.00209. The first-order valence-corrected chi connectivity index (χ1v) is 31.3. The van der Waals surface area contributed by atoms with Crippen molar-refractivity contribution < 1.29 is 24.0 Å². The number of nitrogens with zero attached hydrogens (tertiary/aromatic N) is 5. The Labute approximate surface area is 513 Å². The molecule has 1 fully saturated rings. The van der Waals surface area contributed by atoms with Gasteiger partial charge in [-0.1, -0.05) is 294 Å². The van der Waals surface area contributed by atoms with Crippen LogP contribution >= 0.6 is 57.8 Å². The highest BCUT2D eigenvalue weighted by Crippen LogP contribution is 2.46. The number of β-lactam (4-membered cyclic amide) rings is 1. The fourth-order valence-corrected chi connectivity index (χ4v) is 15.2. The zero-order chi connectivity index (χ0) is 58.2.